The minimum atomic E-state index is -0.712. The van der Waals surface area contributed by atoms with Crippen LogP contribution in [0.1, 0.15) is 47.7 Å². The van der Waals surface area contributed by atoms with Gasteiger partial charge in [-0.15, -0.1) is 0 Å². The zero-order chi connectivity index (χ0) is 21.8. The number of carbonyl (C=O) groups is 3. The van der Waals surface area contributed by atoms with E-state index in [9.17, 15) is 14.4 Å². The Kier molecular flexibility index (Phi) is 5.62. The fraction of sp³-hybridized carbons (Fsp3) is 0.261. The highest BCUT2D eigenvalue weighted by Gasteiger charge is 2.42. The molecule has 2 N–H and O–H groups in total. The maximum absolute atomic E-state index is 12.6. The third kappa shape index (κ3) is 4.23. The maximum atomic E-state index is 12.6. The first-order valence-electron chi connectivity index (χ1n) is 10.2. The van der Waals surface area contributed by atoms with Crippen molar-refractivity contribution in [1.29, 1.82) is 0 Å². The SMILES string of the molecule is CCC1(c2ccc(NC(=O)c3ccc(Cn4cncn4)cc3)cc2)CCC(=O)NC1=O. The van der Waals surface area contributed by atoms with Crippen LogP contribution in [-0.2, 0) is 21.5 Å². The fourth-order valence-electron chi connectivity index (χ4n) is 3.90. The summed E-state index contributed by atoms with van der Waals surface area (Å²) in [6, 6.07) is 14.6. The second kappa shape index (κ2) is 8.51. The lowest BCUT2D eigenvalue weighted by Gasteiger charge is -2.35. The van der Waals surface area contributed by atoms with E-state index in [1.54, 1.807) is 35.3 Å². The summed E-state index contributed by atoms with van der Waals surface area (Å²) < 4.78 is 1.71. The number of benzene rings is 2. The van der Waals surface area contributed by atoms with Gasteiger partial charge in [-0.2, -0.15) is 5.10 Å². The first kappa shape index (κ1) is 20.5. The molecule has 0 bridgehead atoms. The van der Waals surface area contributed by atoms with Crippen molar-refractivity contribution in [3.05, 3.63) is 77.9 Å². The van der Waals surface area contributed by atoms with E-state index in [0.717, 1.165) is 11.1 Å². The number of anilines is 1. The number of hydrogen-bond acceptors (Lipinski definition) is 5. The van der Waals surface area contributed by atoms with E-state index in [1.165, 1.54) is 6.33 Å². The molecule has 1 aromatic heterocycles. The second-order valence-electron chi connectivity index (χ2n) is 7.63. The molecule has 1 saturated heterocycles. The number of piperidine rings is 1. The largest absolute Gasteiger partial charge is 0.322 e. The Morgan fingerprint density at radius 2 is 1.87 bits per heavy atom. The molecule has 158 valence electrons. The van der Waals surface area contributed by atoms with Gasteiger partial charge in [-0.25, -0.2) is 9.67 Å². The predicted molar refractivity (Wildman–Crippen MR) is 114 cm³/mol. The molecule has 1 aliphatic rings. The summed E-state index contributed by atoms with van der Waals surface area (Å²) in [5, 5.41) is 9.40. The average molecular weight is 417 g/mol. The van der Waals surface area contributed by atoms with Gasteiger partial charge in [0, 0.05) is 17.7 Å². The van der Waals surface area contributed by atoms with E-state index in [1.807, 2.05) is 31.2 Å². The number of carbonyl (C=O) groups excluding carboxylic acids is 3. The highest BCUT2D eigenvalue weighted by molar-refractivity contribution is 6.05. The van der Waals surface area contributed by atoms with Gasteiger partial charge in [0.2, 0.25) is 11.8 Å². The quantitative estimate of drug-likeness (QED) is 0.600. The van der Waals surface area contributed by atoms with E-state index in [0.29, 0.717) is 37.1 Å². The molecule has 31 heavy (non-hydrogen) atoms. The second-order valence-corrected chi connectivity index (χ2v) is 7.63. The Hall–Kier alpha value is -3.81. The lowest BCUT2D eigenvalue weighted by Crippen LogP contribution is -2.51. The van der Waals surface area contributed by atoms with Gasteiger partial charge < -0.3 is 5.32 Å². The molecular weight excluding hydrogens is 394 g/mol. The molecule has 1 atom stereocenters. The third-order valence-electron chi connectivity index (χ3n) is 5.79. The Bertz CT molecular complexity index is 1090. The molecule has 0 saturated carbocycles. The zero-order valence-corrected chi connectivity index (χ0v) is 17.2. The fourth-order valence-corrected chi connectivity index (χ4v) is 3.90. The highest BCUT2D eigenvalue weighted by atomic mass is 16.2. The highest BCUT2D eigenvalue weighted by Crippen LogP contribution is 2.36. The molecule has 0 aliphatic carbocycles. The summed E-state index contributed by atoms with van der Waals surface area (Å²) >= 11 is 0. The van der Waals surface area contributed by atoms with Gasteiger partial charge in [-0.1, -0.05) is 31.2 Å². The predicted octanol–water partition coefficient (Wildman–Crippen LogP) is 2.66. The molecule has 0 radical (unpaired) electrons. The van der Waals surface area contributed by atoms with Gasteiger partial charge in [-0.3, -0.25) is 19.7 Å². The summed E-state index contributed by atoms with van der Waals surface area (Å²) in [6.45, 7) is 2.53. The molecule has 3 amide bonds. The van der Waals surface area contributed by atoms with Gasteiger partial charge in [0.1, 0.15) is 12.7 Å². The molecule has 8 heteroatoms. The van der Waals surface area contributed by atoms with Gasteiger partial charge >= 0.3 is 0 Å². The minimum absolute atomic E-state index is 0.216. The molecule has 0 spiro atoms. The van der Waals surface area contributed by atoms with E-state index in [-0.39, 0.29) is 17.7 Å². The summed E-state index contributed by atoms with van der Waals surface area (Å²) in [7, 11) is 0. The van der Waals surface area contributed by atoms with Crippen molar-refractivity contribution in [2.45, 2.75) is 38.1 Å². The Morgan fingerprint density at radius 3 is 2.48 bits per heavy atom. The summed E-state index contributed by atoms with van der Waals surface area (Å²) in [5.41, 5.74) is 2.33. The number of hydrogen-bond donors (Lipinski definition) is 2. The molecule has 4 rings (SSSR count). The van der Waals surface area contributed by atoms with Gasteiger partial charge in [0.05, 0.1) is 12.0 Å². The number of rotatable bonds is 6. The number of nitrogens with zero attached hydrogens (tertiary/aromatic N) is 3. The molecule has 1 aliphatic heterocycles. The average Bonchev–Trinajstić information content (AvgIpc) is 3.28. The maximum Gasteiger partial charge on any atom is 0.255 e. The van der Waals surface area contributed by atoms with Crippen LogP contribution < -0.4 is 10.6 Å². The first-order chi connectivity index (χ1) is 15.0. The Morgan fingerprint density at radius 1 is 1.13 bits per heavy atom. The topological polar surface area (TPSA) is 106 Å². The van der Waals surface area contributed by atoms with Crippen molar-refractivity contribution < 1.29 is 14.4 Å². The Labute approximate surface area is 179 Å². The summed E-state index contributed by atoms with van der Waals surface area (Å²) in [4.78, 5) is 40.6. The van der Waals surface area contributed by atoms with Crippen molar-refractivity contribution >= 4 is 23.4 Å². The van der Waals surface area contributed by atoms with Gasteiger partial charge in [0.15, 0.2) is 0 Å². The molecule has 3 aromatic rings. The van der Waals surface area contributed by atoms with Crippen molar-refractivity contribution in [1.82, 2.24) is 20.1 Å². The van der Waals surface area contributed by atoms with E-state index in [4.69, 9.17) is 0 Å². The number of imide groups is 1. The number of amides is 3. The first-order valence-corrected chi connectivity index (χ1v) is 10.2. The molecule has 1 unspecified atom stereocenters. The van der Waals surface area contributed by atoms with Crippen LogP contribution in [0.5, 0.6) is 0 Å². The van der Waals surface area contributed by atoms with Crippen molar-refractivity contribution in [3.8, 4) is 0 Å². The summed E-state index contributed by atoms with van der Waals surface area (Å²) in [5.74, 6) is -0.703. The summed E-state index contributed by atoms with van der Waals surface area (Å²) in [6.07, 6.45) is 4.53. The number of aromatic nitrogens is 3. The van der Waals surface area contributed by atoms with Crippen LogP contribution in [0.4, 0.5) is 5.69 Å². The van der Waals surface area contributed by atoms with Crippen LogP contribution in [0.2, 0.25) is 0 Å². The van der Waals surface area contributed by atoms with Crippen molar-refractivity contribution in [3.63, 3.8) is 0 Å². The molecule has 2 aromatic carbocycles. The van der Waals surface area contributed by atoms with Gasteiger partial charge in [0.25, 0.3) is 5.91 Å². The normalized spacial score (nSPS) is 18.5. The van der Waals surface area contributed by atoms with Gasteiger partial charge in [-0.05, 0) is 48.2 Å². The van der Waals surface area contributed by atoms with E-state index < -0.39 is 5.41 Å². The van der Waals surface area contributed by atoms with E-state index in [2.05, 4.69) is 20.7 Å². The van der Waals surface area contributed by atoms with Crippen LogP contribution in [0.25, 0.3) is 0 Å². The van der Waals surface area contributed by atoms with Crippen molar-refractivity contribution in [2.75, 3.05) is 5.32 Å². The third-order valence-corrected chi connectivity index (χ3v) is 5.79. The lowest BCUT2D eigenvalue weighted by atomic mass is 9.72. The monoisotopic (exact) mass is 417 g/mol. The molecule has 8 nitrogen and oxygen atoms in total. The molecule has 1 fully saturated rings. The van der Waals surface area contributed by atoms with E-state index >= 15 is 0 Å². The van der Waals surface area contributed by atoms with Crippen LogP contribution in [0.3, 0.4) is 0 Å². The smallest absolute Gasteiger partial charge is 0.255 e. The zero-order valence-electron chi connectivity index (χ0n) is 17.2. The van der Waals surface area contributed by atoms with Crippen LogP contribution in [-0.4, -0.2) is 32.5 Å². The Balaban J connectivity index is 1.43. The lowest BCUT2D eigenvalue weighted by molar-refractivity contribution is -0.138. The standard InChI is InChI=1S/C23H23N5O3/c1-2-23(12-11-20(29)27-22(23)31)18-7-9-19(10-8-18)26-21(30)17-5-3-16(4-6-17)13-28-15-24-14-25-28/h3-10,14-15H,2,11-13H2,1H3,(H,26,30)(H,27,29,31). The van der Waals surface area contributed by atoms with Crippen LogP contribution in [0.15, 0.2) is 61.2 Å². The van der Waals surface area contributed by atoms with Crippen LogP contribution in [0, 0.1) is 0 Å². The minimum Gasteiger partial charge on any atom is -0.322 e. The van der Waals surface area contributed by atoms with Crippen molar-refractivity contribution in [2.24, 2.45) is 0 Å². The molecule has 2 heterocycles. The molecular formula is C23H23N5O3. The number of nitrogens with one attached hydrogen (secondary N) is 2. The van der Waals surface area contributed by atoms with Crippen LogP contribution >= 0.6 is 0 Å².